The molecule has 1 unspecified atom stereocenters. The van der Waals surface area contributed by atoms with Crippen LogP contribution in [0.3, 0.4) is 0 Å². The van der Waals surface area contributed by atoms with E-state index >= 15 is 0 Å². The summed E-state index contributed by atoms with van der Waals surface area (Å²) in [7, 11) is -3.61. The number of hydrogen-bond acceptors (Lipinski definition) is 5. The van der Waals surface area contributed by atoms with Gasteiger partial charge in [-0.15, -0.1) is 0 Å². The number of sulfonamides is 1. The number of carbonyl (C=O) groups is 1. The van der Waals surface area contributed by atoms with Crippen molar-refractivity contribution in [2.75, 3.05) is 13.1 Å². The molecule has 1 fully saturated rings. The zero-order valence-corrected chi connectivity index (χ0v) is 16.9. The summed E-state index contributed by atoms with van der Waals surface area (Å²) in [5.74, 6) is -0.223. The quantitative estimate of drug-likeness (QED) is 0.829. The third-order valence-electron chi connectivity index (χ3n) is 4.29. The summed E-state index contributed by atoms with van der Waals surface area (Å²) in [5.41, 5.74) is 0.245. The smallest absolute Gasteiger partial charge is 0.407 e. The van der Waals surface area contributed by atoms with E-state index in [1.54, 1.807) is 45.0 Å². The van der Waals surface area contributed by atoms with Gasteiger partial charge < -0.3 is 10.1 Å². The minimum Gasteiger partial charge on any atom is -0.444 e. The van der Waals surface area contributed by atoms with Crippen molar-refractivity contribution in [1.82, 2.24) is 9.62 Å². The van der Waals surface area contributed by atoms with Crippen LogP contribution in [0.25, 0.3) is 0 Å². The molecule has 0 aliphatic carbocycles. The van der Waals surface area contributed by atoms with Crippen molar-refractivity contribution in [3.8, 4) is 6.07 Å². The Hall–Kier alpha value is -2.11. The van der Waals surface area contributed by atoms with E-state index in [9.17, 15) is 18.5 Å². The van der Waals surface area contributed by atoms with Crippen LogP contribution in [0.15, 0.2) is 24.3 Å². The zero-order valence-electron chi connectivity index (χ0n) is 16.1. The first kappa shape index (κ1) is 21.2. The van der Waals surface area contributed by atoms with Gasteiger partial charge in [-0.05, 0) is 45.2 Å². The number of benzene rings is 1. The summed E-state index contributed by atoms with van der Waals surface area (Å²) < 4.78 is 32.6. The lowest BCUT2D eigenvalue weighted by atomic mass is 10.1. The first-order valence-electron chi connectivity index (χ1n) is 9.07. The van der Waals surface area contributed by atoms with E-state index in [-0.39, 0.29) is 18.3 Å². The molecule has 1 N–H and O–H groups in total. The summed E-state index contributed by atoms with van der Waals surface area (Å²) in [5, 5.41) is 11.9. The van der Waals surface area contributed by atoms with Gasteiger partial charge in [-0.3, -0.25) is 0 Å². The predicted molar refractivity (Wildman–Crippen MR) is 102 cm³/mol. The summed E-state index contributed by atoms with van der Waals surface area (Å²) >= 11 is 0. The molecule has 0 radical (unpaired) electrons. The lowest BCUT2D eigenvalue weighted by Crippen LogP contribution is -2.50. The molecule has 2 rings (SSSR count). The molecular formula is C19H27N3O4S. The lowest BCUT2D eigenvalue weighted by molar-refractivity contribution is 0.0512. The molecule has 1 aliphatic rings. The summed E-state index contributed by atoms with van der Waals surface area (Å²) in [6.07, 6.45) is 1.80. The Labute approximate surface area is 161 Å². The summed E-state index contributed by atoms with van der Waals surface area (Å²) in [6.45, 7) is 5.94. The average molecular weight is 394 g/mol. The number of nitrogens with zero attached hydrogens (tertiary/aromatic N) is 2. The second-order valence-electron chi connectivity index (χ2n) is 7.67. The maximum atomic E-state index is 13.0. The molecule has 1 aromatic rings. The number of ether oxygens (including phenoxy) is 1. The Balaban J connectivity index is 2.09. The van der Waals surface area contributed by atoms with Gasteiger partial charge in [0.05, 0.1) is 17.4 Å². The third-order valence-corrected chi connectivity index (χ3v) is 6.16. The number of rotatable bonds is 5. The Morgan fingerprint density at radius 2 is 2.04 bits per heavy atom. The highest BCUT2D eigenvalue weighted by Gasteiger charge is 2.33. The largest absolute Gasteiger partial charge is 0.444 e. The highest BCUT2D eigenvalue weighted by molar-refractivity contribution is 7.88. The number of piperidine rings is 1. The highest BCUT2D eigenvalue weighted by Crippen LogP contribution is 2.23. The summed E-state index contributed by atoms with van der Waals surface area (Å²) in [6, 6.07) is 8.43. The number of carbonyl (C=O) groups excluding carboxylic acids is 1. The van der Waals surface area contributed by atoms with Crippen molar-refractivity contribution in [2.24, 2.45) is 0 Å². The molecule has 0 aromatic heterocycles. The van der Waals surface area contributed by atoms with Crippen molar-refractivity contribution in [1.29, 1.82) is 5.26 Å². The highest BCUT2D eigenvalue weighted by atomic mass is 32.2. The van der Waals surface area contributed by atoms with Crippen LogP contribution >= 0.6 is 0 Å². The van der Waals surface area contributed by atoms with Crippen LogP contribution in [0.2, 0.25) is 0 Å². The van der Waals surface area contributed by atoms with E-state index in [1.165, 1.54) is 4.31 Å². The van der Waals surface area contributed by atoms with Crippen molar-refractivity contribution >= 4 is 16.1 Å². The van der Waals surface area contributed by atoms with Crippen LogP contribution in [0.4, 0.5) is 4.79 Å². The average Bonchev–Trinajstić information content (AvgIpc) is 2.59. The molecular weight excluding hydrogens is 366 g/mol. The molecule has 1 aromatic carbocycles. The fraction of sp³-hybridized carbons (Fsp3) is 0.579. The second kappa shape index (κ2) is 8.72. The number of nitrogens with one attached hydrogen (secondary N) is 1. The Morgan fingerprint density at radius 3 is 2.70 bits per heavy atom. The van der Waals surface area contributed by atoms with Gasteiger partial charge in [-0.25, -0.2) is 13.2 Å². The number of nitriles is 1. The Kier molecular flexibility index (Phi) is 6.84. The molecule has 148 valence electrons. The normalized spacial score (nSPS) is 18.5. The van der Waals surface area contributed by atoms with Crippen LogP contribution in [-0.2, 0) is 20.5 Å². The predicted octanol–water partition coefficient (Wildman–Crippen LogP) is 2.77. The monoisotopic (exact) mass is 393 g/mol. The molecule has 0 bridgehead atoms. The SMILES string of the molecule is CC(C)(C)OC(=O)NCC1CCCCN1S(=O)(=O)Cc1ccccc1C#N. The van der Waals surface area contributed by atoms with Crippen molar-refractivity contribution in [2.45, 2.75) is 57.4 Å². The van der Waals surface area contributed by atoms with Crippen molar-refractivity contribution in [3.63, 3.8) is 0 Å². The van der Waals surface area contributed by atoms with Crippen LogP contribution in [0.5, 0.6) is 0 Å². The molecule has 1 amide bonds. The number of amides is 1. The lowest BCUT2D eigenvalue weighted by Gasteiger charge is -2.35. The first-order chi connectivity index (χ1) is 12.6. The fourth-order valence-electron chi connectivity index (χ4n) is 3.09. The van der Waals surface area contributed by atoms with Gasteiger partial charge in [-0.1, -0.05) is 24.6 Å². The molecule has 1 saturated heterocycles. The second-order valence-corrected chi connectivity index (χ2v) is 9.59. The molecule has 0 saturated carbocycles. The van der Waals surface area contributed by atoms with Crippen LogP contribution in [0, 0.1) is 11.3 Å². The van der Waals surface area contributed by atoms with E-state index < -0.39 is 21.7 Å². The Morgan fingerprint density at radius 1 is 1.33 bits per heavy atom. The molecule has 8 heteroatoms. The maximum absolute atomic E-state index is 13.0. The van der Waals surface area contributed by atoms with Gasteiger partial charge >= 0.3 is 6.09 Å². The van der Waals surface area contributed by atoms with Gasteiger partial charge in [0.15, 0.2) is 0 Å². The minimum absolute atomic E-state index is 0.202. The van der Waals surface area contributed by atoms with Crippen molar-refractivity contribution in [3.05, 3.63) is 35.4 Å². The van der Waals surface area contributed by atoms with Gasteiger partial charge in [0, 0.05) is 19.1 Å². The summed E-state index contributed by atoms with van der Waals surface area (Å²) in [4.78, 5) is 11.9. The Bertz CT molecular complexity index is 809. The number of hydrogen-bond donors (Lipinski definition) is 1. The third kappa shape index (κ3) is 6.22. The van der Waals surface area contributed by atoms with E-state index in [4.69, 9.17) is 4.74 Å². The first-order valence-corrected chi connectivity index (χ1v) is 10.7. The standard InChI is InChI=1S/C19H27N3O4S/c1-19(2,3)26-18(23)21-13-17-10-6-7-11-22(17)27(24,25)14-16-9-5-4-8-15(16)12-20/h4-5,8-9,17H,6-7,10-11,13-14H2,1-3H3,(H,21,23). The van der Waals surface area contributed by atoms with Crippen LogP contribution in [0.1, 0.15) is 51.2 Å². The molecule has 27 heavy (non-hydrogen) atoms. The molecule has 1 heterocycles. The van der Waals surface area contributed by atoms with Gasteiger partial charge in [0.1, 0.15) is 5.60 Å². The molecule has 0 spiro atoms. The van der Waals surface area contributed by atoms with E-state index in [0.29, 0.717) is 24.1 Å². The molecule has 1 atom stereocenters. The van der Waals surface area contributed by atoms with Crippen LogP contribution in [-0.4, -0.2) is 43.5 Å². The zero-order chi connectivity index (χ0) is 20.1. The van der Waals surface area contributed by atoms with E-state index in [2.05, 4.69) is 5.32 Å². The van der Waals surface area contributed by atoms with Crippen LogP contribution < -0.4 is 5.32 Å². The van der Waals surface area contributed by atoms with Gasteiger partial charge in [0.25, 0.3) is 0 Å². The molecule has 1 aliphatic heterocycles. The fourth-order valence-corrected chi connectivity index (χ4v) is 4.95. The van der Waals surface area contributed by atoms with Crippen molar-refractivity contribution < 1.29 is 17.9 Å². The number of alkyl carbamates (subject to hydrolysis) is 1. The van der Waals surface area contributed by atoms with E-state index in [0.717, 1.165) is 12.8 Å². The minimum atomic E-state index is -3.61. The maximum Gasteiger partial charge on any atom is 0.407 e. The van der Waals surface area contributed by atoms with Gasteiger partial charge in [-0.2, -0.15) is 9.57 Å². The van der Waals surface area contributed by atoms with E-state index in [1.807, 2.05) is 6.07 Å². The molecule has 7 nitrogen and oxygen atoms in total. The van der Waals surface area contributed by atoms with Gasteiger partial charge in [0.2, 0.25) is 10.0 Å². The topological polar surface area (TPSA) is 99.5 Å².